The van der Waals surface area contributed by atoms with Crippen molar-refractivity contribution in [2.75, 3.05) is 6.61 Å². The number of hydrogen-bond acceptors (Lipinski definition) is 3. The molecule has 26 heavy (non-hydrogen) atoms. The van der Waals surface area contributed by atoms with Crippen molar-refractivity contribution in [1.29, 1.82) is 0 Å². The summed E-state index contributed by atoms with van der Waals surface area (Å²) in [6, 6.07) is 0. The van der Waals surface area contributed by atoms with Gasteiger partial charge in [0.2, 0.25) is 0 Å². The SMILES string of the molecule is CCOC(=O)OC1(C2CC(C)CCC2C(C)C)CC(C)CCC1C(C)C. The maximum atomic E-state index is 12.5. The minimum Gasteiger partial charge on any atom is -0.435 e. The molecular weight excluding hydrogens is 324 g/mol. The molecule has 0 aromatic heterocycles. The van der Waals surface area contributed by atoms with Crippen LogP contribution in [0.5, 0.6) is 0 Å². The van der Waals surface area contributed by atoms with E-state index in [9.17, 15) is 4.79 Å². The van der Waals surface area contributed by atoms with Gasteiger partial charge in [-0.1, -0.05) is 54.4 Å². The highest BCUT2D eigenvalue weighted by molar-refractivity contribution is 5.60. The highest BCUT2D eigenvalue weighted by Crippen LogP contribution is 2.55. The van der Waals surface area contributed by atoms with E-state index in [2.05, 4.69) is 41.5 Å². The molecule has 3 nitrogen and oxygen atoms in total. The van der Waals surface area contributed by atoms with Crippen LogP contribution in [0.2, 0.25) is 0 Å². The highest BCUT2D eigenvalue weighted by atomic mass is 16.7. The lowest BCUT2D eigenvalue weighted by Gasteiger charge is -2.55. The molecular formula is C23H42O3. The number of ether oxygens (including phenoxy) is 2. The number of carbonyl (C=O) groups excluding carboxylic acids is 1. The first-order valence-corrected chi connectivity index (χ1v) is 11.1. The van der Waals surface area contributed by atoms with Crippen molar-refractivity contribution in [3.8, 4) is 0 Å². The zero-order valence-electron chi connectivity index (χ0n) is 18.2. The molecule has 0 amide bonds. The number of rotatable bonds is 5. The van der Waals surface area contributed by atoms with Gasteiger partial charge in [-0.3, -0.25) is 0 Å². The van der Waals surface area contributed by atoms with E-state index < -0.39 is 6.16 Å². The van der Waals surface area contributed by atoms with Crippen molar-refractivity contribution in [2.45, 2.75) is 92.6 Å². The van der Waals surface area contributed by atoms with Gasteiger partial charge in [0.1, 0.15) is 5.60 Å². The van der Waals surface area contributed by atoms with Crippen LogP contribution in [0.4, 0.5) is 4.79 Å². The van der Waals surface area contributed by atoms with Gasteiger partial charge in [0, 0.05) is 11.8 Å². The third-order valence-corrected chi connectivity index (χ3v) is 7.26. The minimum absolute atomic E-state index is 0.359. The molecule has 2 aliphatic rings. The van der Waals surface area contributed by atoms with Crippen molar-refractivity contribution in [2.24, 2.45) is 41.4 Å². The van der Waals surface area contributed by atoms with Gasteiger partial charge in [0.25, 0.3) is 0 Å². The van der Waals surface area contributed by atoms with Crippen molar-refractivity contribution >= 4 is 6.16 Å². The van der Waals surface area contributed by atoms with Crippen LogP contribution in [0, 0.1) is 41.4 Å². The summed E-state index contributed by atoms with van der Waals surface area (Å²) in [6.45, 7) is 16.3. The Morgan fingerprint density at radius 3 is 2.23 bits per heavy atom. The summed E-state index contributed by atoms with van der Waals surface area (Å²) in [5.74, 6) is 3.96. The lowest BCUT2D eigenvalue weighted by atomic mass is 9.54. The Balaban J connectivity index is 2.47. The Labute approximate surface area is 161 Å². The Kier molecular flexibility index (Phi) is 7.44. The van der Waals surface area contributed by atoms with Crippen molar-refractivity contribution in [1.82, 2.24) is 0 Å². The lowest BCUT2D eigenvalue weighted by molar-refractivity contribution is -0.169. The summed E-state index contributed by atoms with van der Waals surface area (Å²) in [5.41, 5.74) is -0.359. The molecule has 0 radical (unpaired) electrons. The van der Waals surface area contributed by atoms with Gasteiger partial charge < -0.3 is 9.47 Å². The van der Waals surface area contributed by atoms with Crippen molar-refractivity contribution in [3.63, 3.8) is 0 Å². The third kappa shape index (κ3) is 4.57. The first kappa shape index (κ1) is 21.6. The molecule has 0 spiro atoms. The number of carbonyl (C=O) groups is 1. The van der Waals surface area contributed by atoms with E-state index in [1.165, 1.54) is 25.7 Å². The predicted octanol–water partition coefficient (Wildman–Crippen LogP) is 6.70. The van der Waals surface area contributed by atoms with Gasteiger partial charge in [0.05, 0.1) is 6.61 Å². The van der Waals surface area contributed by atoms with Crippen LogP contribution in [0.25, 0.3) is 0 Å². The second-order valence-electron chi connectivity index (χ2n) is 9.91. The van der Waals surface area contributed by atoms with E-state index in [0.29, 0.717) is 48.0 Å². The van der Waals surface area contributed by atoms with Gasteiger partial charge in [-0.15, -0.1) is 0 Å². The van der Waals surface area contributed by atoms with Crippen LogP contribution in [0.15, 0.2) is 0 Å². The highest BCUT2D eigenvalue weighted by Gasteiger charge is 2.56. The fourth-order valence-corrected chi connectivity index (χ4v) is 6.09. The molecule has 0 aromatic carbocycles. The zero-order valence-corrected chi connectivity index (χ0v) is 18.2. The van der Waals surface area contributed by atoms with E-state index in [-0.39, 0.29) is 5.60 Å². The van der Waals surface area contributed by atoms with Gasteiger partial charge in [-0.2, -0.15) is 0 Å². The molecule has 152 valence electrons. The van der Waals surface area contributed by atoms with Crippen LogP contribution in [0.1, 0.15) is 87.0 Å². The monoisotopic (exact) mass is 366 g/mol. The zero-order chi connectivity index (χ0) is 19.5. The summed E-state index contributed by atoms with van der Waals surface area (Å²) < 4.78 is 11.7. The maximum Gasteiger partial charge on any atom is 0.508 e. The van der Waals surface area contributed by atoms with Gasteiger partial charge in [-0.25, -0.2) is 4.79 Å². The molecule has 0 aliphatic heterocycles. The Morgan fingerprint density at radius 2 is 1.65 bits per heavy atom. The average Bonchev–Trinajstić information content (AvgIpc) is 2.54. The summed E-state index contributed by atoms with van der Waals surface area (Å²) >= 11 is 0. The standard InChI is InChI=1S/C23H42O3/c1-8-25-22(24)26-23(14-18(7)10-12-20(23)16(4)5)21-13-17(6)9-11-19(21)15(2)3/h15-21H,8-14H2,1-7H3. The molecule has 0 bridgehead atoms. The van der Waals surface area contributed by atoms with E-state index in [1.807, 2.05) is 6.92 Å². The molecule has 0 aromatic rings. The summed E-state index contributed by atoms with van der Waals surface area (Å²) in [7, 11) is 0. The molecule has 2 fully saturated rings. The molecule has 0 saturated heterocycles. The van der Waals surface area contributed by atoms with Gasteiger partial charge in [0.15, 0.2) is 0 Å². The van der Waals surface area contributed by atoms with Gasteiger partial charge in [-0.05, 0) is 62.2 Å². The molecule has 2 rings (SSSR count). The largest absolute Gasteiger partial charge is 0.508 e. The molecule has 0 heterocycles. The van der Waals surface area contributed by atoms with Crippen molar-refractivity contribution < 1.29 is 14.3 Å². The summed E-state index contributed by atoms with van der Waals surface area (Å²) in [6.07, 6.45) is 6.69. The van der Waals surface area contributed by atoms with E-state index in [1.54, 1.807) is 0 Å². The van der Waals surface area contributed by atoms with Gasteiger partial charge >= 0.3 is 6.16 Å². The van der Waals surface area contributed by atoms with E-state index in [0.717, 1.165) is 12.8 Å². The molecule has 3 heteroatoms. The van der Waals surface area contributed by atoms with Crippen LogP contribution in [-0.4, -0.2) is 18.4 Å². The van der Waals surface area contributed by atoms with Crippen LogP contribution >= 0.6 is 0 Å². The third-order valence-electron chi connectivity index (χ3n) is 7.26. The Bertz CT molecular complexity index is 458. The van der Waals surface area contributed by atoms with Crippen LogP contribution < -0.4 is 0 Å². The van der Waals surface area contributed by atoms with Crippen LogP contribution in [-0.2, 0) is 9.47 Å². The minimum atomic E-state index is -0.451. The Hall–Kier alpha value is -0.730. The van der Waals surface area contributed by atoms with Crippen molar-refractivity contribution in [3.05, 3.63) is 0 Å². The second-order valence-corrected chi connectivity index (χ2v) is 9.91. The molecule has 2 saturated carbocycles. The molecule has 6 unspecified atom stereocenters. The average molecular weight is 367 g/mol. The smallest absolute Gasteiger partial charge is 0.435 e. The topological polar surface area (TPSA) is 35.5 Å². The van der Waals surface area contributed by atoms with Crippen LogP contribution in [0.3, 0.4) is 0 Å². The molecule has 0 N–H and O–H groups in total. The maximum absolute atomic E-state index is 12.5. The summed E-state index contributed by atoms with van der Waals surface area (Å²) in [5, 5.41) is 0. The molecule has 2 aliphatic carbocycles. The first-order valence-electron chi connectivity index (χ1n) is 11.1. The first-order chi connectivity index (χ1) is 12.2. The molecule has 6 atom stereocenters. The van der Waals surface area contributed by atoms with E-state index >= 15 is 0 Å². The quantitative estimate of drug-likeness (QED) is 0.508. The fraction of sp³-hybridized carbons (Fsp3) is 0.957. The normalized spacial score (nSPS) is 38.4. The lowest BCUT2D eigenvalue weighted by Crippen LogP contribution is -2.57. The van der Waals surface area contributed by atoms with E-state index in [4.69, 9.17) is 9.47 Å². The second kappa shape index (κ2) is 8.97. The summed E-state index contributed by atoms with van der Waals surface area (Å²) in [4.78, 5) is 12.5. The number of hydrogen-bond donors (Lipinski definition) is 0. The Morgan fingerprint density at radius 1 is 1.00 bits per heavy atom. The predicted molar refractivity (Wildman–Crippen MR) is 107 cm³/mol. The fourth-order valence-electron chi connectivity index (χ4n) is 6.09.